The molecule has 0 N–H and O–H groups in total. The Morgan fingerprint density at radius 1 is 0.257 bits per heavy atom. The number of aromatic nitrogens is 1. The molecule has 0 radical (unpaired) electrons. The Labute approximate surface area is 407 Å². The van der Waals surface area contributed by atoms with Crippen molar-refractivity contribution in [3.63, 3.8) is 0 Å². The van der Waals surface area contributed by atoms with E-state index in [0.717, 1.165) is 17.1 Å². The van der Waals surface area contributed by atoms with Crippen LogP contribution in [-0.4, -0.2) is 4.57 Å². The van der Waals surface area contributed by atoms with E-state index in [1.54, 1.807) is 0 Å². The highest BCUT2D eigenvalue weighted by Crippen LogP contribution is 2.67. The molecule has 1 aromatic heterocycles. The summed E-state index contributed by atoms with van der Waals surface area (Å²) in [5, 5.41) is 2.50. The Hall–Kier alpha value is -8.98. The Balaban J connectivity index is 0.957. The molecule has 1 heterocycles. The van der Waals surface area contributed by atoms with Gasteiger partial charge >= 0.3 is 0 Å². The molecule has 15 rings (SSSR count). The molecule has 2 nitrogen and oxygen atoms in total. The van der Waals surface area contributed by atoms with E-state index in [1.165, 1.54) is 105 Å². The summed E-state index contributed by atoms with van der Waals surface area (Å²) in [6.07, 6.45) is 0. The molecule has 0 saturated carbocycles. The average molecular weight is 889 g/mol. The monoisotopic (exact) mass is 888 g/mol. The molecule has 12 aromatic rings. The summed E-state index contributed by atoms with van der Waals surface area (Å²) in [6, 6.07) is 99.8. The first kappa shape index (κ1) is 39.1. The molecule has 0 amide bonds. The smallest absolute Gasteiger partial charge is 0.0720 e. The van der Waals surface area contributed by atoms with Gasteiger partial charge in [-0.25, -0.2) is 0 Å². The van der Waals surface area contributed by atoms with Gasteiger partial charge in [-0.15, -0.1) is 0 Å². The van der Waals surface area contributed by atoms with Gasteiger partial charge in [0, 0.05) is 33.5 Å². The molecule has 0 saturated heterocycles. The van der Waals surface area contributed by atoms with Crippen LogP contribution in [0.3, 0.4) is 0 Å². The van der Waals surface area contributed by atoms with Crippen molar-refractivity contribution < 1.29 is 0 Å². The SMILES string of the molecule is c1ccc(N(c2ccc(-c3ccc4c(c3)c3ccccc3n4-c3ccccc3)cc2)c2ccc3c(c2)C2(c4ccccc4-c4ccccc42)c2ccccc2C32c3ccccc3-c3ccccc32)cc1. The summed E-state index contributed by atoms with van der Waals surface area (Å²) >= 11 is 0. The van der Waals surface area contributed by atoms with Crippen molar-refractivity contribution in [2.45, 2.75) is 10.8 Å². The van der Waals surface area contributed by atoms with E-state index in [0.29, 0.717) is 0 Å². The van der Waals surface area contributed by atoms with Gasteiger partial charge in [0.2, 0.25) is 0 Å². The van der Waals surface area contributed by atoms with E-state index in [2.05, 4.69) is 276 Å². The van der Waals surface area contributed by atoms with Crippen molar-refractivity contribution in [2.24, 2.45) is 0 Å². The number of para-hydroxylation sites is 3. The molecule has 70 heavy (non-hydrogen) atoms. The molecule has 3 aliphatic rings. The first-order valence-electron chi connectivity index (χ1n) is 24.4. The third kappa shape index (κ3) is 5.12. The lowest BCUT2D eigenvalue weighted by Crippen LogP contribution is -2.43. The van der Waals surface area contributed by atoms with Gasteiger partial charge in [-0.05, 0) is 145 Å². The van der Waals surface area contributed by atoms with Crippen molar-refractivity contribution in [3.05, 3.63) is 311 Å². The number of rotatable bonds is 5. The lowest BCUT2D eigenvalue weighted by atomic mass is 9.52. The van der Waals surface area contributed by atoms with Gasteiger partial charge < -0.3 is 9.47 Å². The molecule has 2 spiro atoms. The fourth-order valence-corrected chi connectivity index (χ4v) is 13.2. The van der Waals surface area contributed by atoms with E-state index in [9.17, 15) is 0 Å². The minimum Gasteiger partial charge on any atom is -0.310 e. The summed E-state index contributed by atoms with van der Waals surface area (Å²) < 4.78 is 2.38. The zero-order chi connectivity index (χ0) is 46.0. The van der Waals surface area contributed by atoms with E-state index in [4.69, 9.17) is 0 Å². The van der Waals surface area contributed by atoms with Crippen molar-refractivity contribution in [3.8, 4) is 39.1 Å². The van der Waals surface area contributed by atoms with Gasteiger partial charge in [-0.2, -0.15) is 0 Å². The Morgan fingerprint density at radius 2 is 0.671 bits per heavy atom. The minimum atomic E-state index is -0.582. The van der Waals surface area contributed by atoms with Crippen molar-refractivity contribution in [1.82, 2.24) is 4.57 Å². The van der Waals surface area contributed by atoms with Gasteiger partial charge in [0.15, 0.2) is 0 Å². The topological polar surface area (TPSA) is 8.17 Å². The Morgan fingerprint density at radius 3 is 1.26 bits per heavy atom. The summed E-state index contributed by atoms with van der Waals surface area (Å²) in [7, 11) is 0. The van der Waals surface area contributed by atoms with Crippen LogP contribution in [0.25, 0.3) is 60.9 Å². The van der Waals surface area contributed by atoms with Crippen molar-refractivity contribution in [1.29, 1.82) is 0 Å². The first-order chi connectivity index (χ1) is 34.7. The predicted molar refractivity (Wildman–Crippen MR) is 289 cm³/mol. The van der Waals surface area contributed by atoms with Gasteiger partial charge in [-0.1, -0.05) is 200 Å². The molecule has 2 heteroatoms. The maximum atomic E-state index is 2.55. The zero-order valence-corrected chi connectivity index (χ0v) is 38.3. The van der Waals surface area contributed by atoms with Gasteiger partial charge in [0.1, 0.15) is 0 Å². The number of nitrogens with zero attached hydrogens (tertiary/aromatic N) is 2. The van der Waals surface area contributed by atoms with Crippen LogP contribution in [0, 0.1) is 0 Å². The number of hydrogen-bond donors (Lipinski definition) is 0. The van der Waals surface area contributed by atoms with E-state index >= 15 is 0 Å². The quantitative estimate of drug-likeness (QED) is 0.167. The van der Waals surface area contributed by atoms with Crippen LogP contribution in [0.1, 0.15) is 44.5 Å². The van der Waals surface area contributed by atoms with E-state index in [-0.39, 0.29) is 0 Å². The summed E-state index contributed by atoms with van der Waals surface area (Å²) in [6.45, 7) is 0. The molecule has 326 valence electrons. The molecule has 0 aliphatic heterocycles. The first-order valence-corrected chi connectivity index (χ1v) is 24.4. The van der Waals surface area contributed by atoms with Crippen molar-refractivity contribution >= 4 is 38.9 Å². The Bertz CT molecular complexity index is 3980. The number of benzene rings is 11. The highest BCUT2D eigenvalue weighted by molar-refractivity contribution is 6.10. The largest absolute Gasteiger partial charge is 0.310 e. The van der Waals surface area contributed by atoms with E-state index in [1.807, 2.05) is 0 Å². The Kier molecular flexibility index (Phi) is 8.24. The summed E-state index contributed by atoms with van der Waals surface area (Å²) in [4.78, 5) is 2.45. The normalized spacial score (nSPS) is 13.9. The molecule has 0 bridgehead atoms. The molecule has 0 unspecified atom stereocenters. The maximum absolute atomic E-state index is 2.55. The highest BCUT2D eigenvalue weighted by Gasteiger charge is 2.59. The molecular formula is C68H44N2. The van der Waals surface area contributed by atoms with Crippen LogP contribution in [0.15, 0.2) is 267 Å². The minimum absolute atomic E-state index is 0.539. The van der Waals surface area contributed by atoms with Crippen molar-refractivity contribution in [2.75, 3.05) is 4.90 Å². The standard InChI is InChI=1S/C68H44N2/c1-3-19-47(20-4-1)69(49-38-35-45(36-39-49)46-37-42-66-56(43-46)55-27-11-18-34-65(55)70(66)48-21-5-2-6-22-48)50-40-41-63-64(44-50)68(59-30-14-9-25-53(59)54-26-10-15-31-60(54)68)62-33-17-16-32-61(62)67(63)57-28-12-7-23-51(57)52-24-8-13-29-58(52)67/h1-44H. The predicted octanol–water partition coefficient (Wildman–Crippen LogP) is 17.0. The molecule has 0 fully saturated rings. The van der Waals surface area contributed by atoms with Gasteiger partial charge in [0.25, 0.3) is 0 Å². The number of hydrogen-bond acceptors (Lipinski definition) is 1. The number of anilines is 3. The molecule has 11 aromatic carbocycles. The molecule has 0 atom stereocenters. The van der Waals surface area contributed by atoms with E-state index < -0.39 is 10.8 Å². The fraction of sp³-hybridized carbons (Fsp3) is 0.0294. The van der Waals surface area contributed by atoms with Crippen LogP contribution in [0.2, 0.25) is 0 Å². The maximum Gasteiger partial charge on any atom is 0.0720 e. The third-order valence-corrected chi connectivity index (χ3v) is 15.9. The van der Waals surface area contributed by atoms with Crippen LogP contribution in [0.5, 0.6) is 0 Å². The van der Waals surface area contributed by atoms with Gasteiger partial charge in [0.05, 0.1) is 21.9 Å². The van der Waals surface area contributed by atoms with Crippen LogP contribution < -0.4 is 4.90 Å². The van der Waals surface area contributed by atoms with Gasteiger partial charge in [-0.3, -0.25) is 0 Å². The van der Waals surface area contributed by atoms with Crippen LogP contribution in [0.4, 0.5) is 17.1 Å². The second-order valence-electron chi connectivity index (χ2n) is 19.1. The number of fused-ring (bicyclic) bond motifs is 19. The average Bonchev–Trinajstić information content (AvgIpc) is 4.04. The summed E-state index contributed by atoms with van der Waals surface area (Å²) in [5.74, 6) is 0. The van der Waals surface area contributed by atoms with Crippen LogP contribution in [-0.2, 0) is 10.8 Å². The lowest BCUT2D eigenvalue weighted by molar-refractivity contribution is 0.633. The second kappa shape index (κ2) is 14.8. The highest BCUT2D eigenvalue weighted by atomic mass is 15.1. The third-order valence-electron chi connectivity index (χ3n) is 15.9. The zero-order valence-electron chi connectivity index (χ0n) is 38.3. The molecular weight excluding hydrogens is 845 g/mol. The lowest BCUT2D eigenvalue weighted by Gasteiger charge is -2.49. The molecule has 3 aliphatic carbocycles. The fourth-order valence-electron chi connectivity index (χ4n) is 13.2. The van der Waals surface area contributed by atoms with Crippen LogP contribution >= 0.6 is 0 Å². The summed E-state index contributed by atoms with van der Waals surface area (Å²) in [5.41, 5.74) is 24.0. The second-order valence-corrected chi connectivity index (χ2v) is 19.1.